The molecule has 3 N–H and O–H groups in total. The molecule has 2 saturated heterocycles. The number of hydrogen-bond acceptors (Lipinski definition) is 4. The van der Waals surface area contributed by atoms with Gasteiger partial charge in [0, 0.05) is 31.0 Å². The van der Waals surface area contributed by atoms with E-state index in [2.05, 4.69) is 0 Å². The van der Waals surface area contributed by atoms with Crippen molar-refractivity contribution in [2.24, 2.45) is 17.1 Å². The molecule has 18 heavy (non-hydrogen) atoms. The summed E-state index contributed by atoms with van der Waals surface area (Å²) in [5, 5.41) is 9.56. The highest BCUT2D eigenvalue weighted by molar-refractivity contribution is 5.90. The van der Waals surface area contributed by atoms with Crippen LogP contribution in [0.4, 0.5) is 0 Å². The molecule has 102 valence electrons. The molecule has 0 aromatic carbocycles. The highest BCUT2D eigenvalue weighted by atomic mass is 16.5. The third kappa shape index (κ3) is 1.30. The lowest BCUT2D eigenvalue weighted by Gasteiger charge is -2.61. The van der Waals surface area contributed by atoms with Gasteiger partial charge in [0.05, 0.1) is 12.2 Å². The first kappa shape index (κ1) is 12.4. The summed E-state index contributed by atoms with van der Waals surface area (Å²) in [7, 11) is 0. The van der Waals surface area contributed by atoms with E-state index in [1.54, 1.807) is 4.90 Å². The Morgan fingerprint density at radius 1 is 1.44 bits per heavy atom. The average Bonchev–Trinajstić information content (AvgIpc) is 2.94. The zero-order valence-corrected chi connectivity index (χ0v) is 11.1. The van der Waals surface area contributed by atoms with Gasteiger partial charge in [0.25, 0.3) is 0 Å². The summed E-state index contributed by atoms with van der Waals surface area (Å²) < 4.78 is 5.70. The predicted molar refractivity (Wildman–Crippen MR) is 65.8 cm³/mol. The smallest absolute Gasteiger partial charge is 0.243 e. The van der Waals surface area contributed by atoms with Crippen LogP contribution in [0.5, 0.6) is 0 Å². The Balaban J connectivity index is 1.84. The fourth-order valence-corrected chi connectivity index (χ4v) is 4.01. The number of ether oxygens (including phenoxy) is 1. The minimum Gasteiger partial charge on any atom is -0.391 e. The number of aliphatic hydroxyl groups excluding tert-OH is 1. The summed E-state index contributed by atoms with van der Waals surface area (Å²) in [6.45, 7) is 5.78. The van der Waals surface area contributed by atoms with E-state index in [4.69, 9.17) is 10.5 Å². The number of carbonyl (C=O) groups is 1. The first-order valence-corrected chi connectivity index (χ1v) is 6.77. The topological polar surface area (TPSA) is 75.8 Å². The van der Waals surface area contributed by atoms with E-state index in [0.29, 0.717) is 26.1 Å². The van der Waals surface area contributed by atoms with Gasteiger partial charge in [-0.1, -0.05) is 13.8 Å². The Kier molecular flexibility index (Phi) is 2.53. The molecule has 1 amide bonds. The number of hydrogen-bond donors (Lipinski definition) is 2. The van der Waals surface area contributed by atoms with Crippen molar-refractivity contribution in [3.8, 4) is 0 Å². The highest BCUT2D eigenvalue weighted by Gasteiger charge is 2.72. The van der Waals surface area contributed by atoms with E-state index >= 15 is 0 Å². The Hall–Kier alpha value is -0.650. The quantitative estimate of drug-likeness (QED) is 0.675. The molecule has 5 nitrogen and oxygen atoms in total. The molecular weight excluding hydrogens is 232 g/mol. The van der Waals surface area contributed by atoms with Crippen LogP contribution >= 0.6 is 0 Å². The number of aliphatic hydroxyl groups is 1. The maximum absolute atomic E-state index is 12.7. The van der Waals surface area contributed by atoms with Crippen molar-refractivity contribution in [1.82, 2.24) is 4.90 Å². The van der Waals surface area contributed by atoms with Crippen molar-refractivity contribution in [2.75, 3.05) is 19.7 Å². The fraction of sp³-hybridized carbons (Fsp3) is 0.923. The zero-order valence-electron chi connectivity index (χ0n) is 11.1. The van der Waals surface area contributed by atoms with E-state index in [1.165, 1.54) is 0 Å². The first-order chi connectivity index (χ1) is 8.39. The van der Waals surface area contributed by atoms with Gasteiger partial charge in [-0.3, -0.25) is 4.79 Å². The maximum atomic E-state index is 12.7. The molecule has 0 aromatic heterocycles. The summed E-state index contributed by atoms with van der Waals surface area (Å²) in [5.74, 6) is 0.133. The van der Waals surface area contributed by atoms with Crippen LogP contribution in [0.15, 0.2) is 0 Å². The van der Waals surface area contributed by atoms with Gasteiger partial charge in [0.15, 0.2) is 0 Å². The molecule has 0 radical (unpaired) electrons. The van der Waals surface area contributed by atoms with Crippen LogP contribution in [0.1, 0.15) is 26.7 Å². The van der Waals surface area contributed by atoms with Crippen LogP contribution in [0.25, 0.3) is 0 Å². The molecule has 5 heteroatoms. The average molecular weight is 254 g/mol. The van der Waals surface area contributed by atoms with E-state index in [1.807, 2.05) is 13.8 Å². The van der Waals surface area contributed by atoms with Crippen LogP contribution in [0, 0.1) is 11.3 Å². The molecule has 1 saturated carbocycles. The molecule has 4 unspecified atom stereocenters. The molecule has 0 spiro atoms. The van der Waals surface area contributed by atoms with Crippen molar-refractivity contribution < 1.29 is 14.6 Å². The minimum atomic E-state index is -0.821. The second kappa shape index (κ2) is 3.68. The number of nitrogens with two attached hydrogens (primary N) is 1. The van der Waals surface area contributed by atoms with Crippen molar-refractivity contribution in [3.63, 3.8) is 0 Å². The van der Waals surface area contributed by atoms with Gasteiger partial charge >= 0.3 is 0 Å². The normalized spacial score (nSPS) is 45.8. The van der Waals surface area contributed by atoms with Crippen LogP contribution in [-0.2, 0) is 9.53 Å². The summed E-state index contributed by atoms with van der Waals surface area (Å²) in [5.41, 5.74) is 5.34. The first-order valence-electron chi connectivity index (χ1n) is 6.77. The Bertz CT molecular complexity index is 384. The minimum absolute atomic E-state index is 0.00389. The summed E-state index contributed by atoms with van der Waals surface area (Å²) in [6.07, 6.45) is 1.25. The molecule has 4 atom stereocenters. The highest BCUT2D eigenvalue weighted by Crippen LogP contribution is 2.58. The van der Waals surface area contributed by atoms with E-state index in [0.717, 1.165) is 6.42 Å². The molecule has 3 rings (SSSR count). The molecule has 3 fully saturated rings. The lowest BCUT2D eigenvalue weighted by atomic mass is 9.47. The molecule has 0 aromatic rings. The van der Waals surface area contributed by atoms with Gasteiger partial charge in [-0.05, 0) is 12.8 Å². The van der Waals surface area contributed by atoms with Gasteiger partial charge in [0.2, 0.25) is 5.91 Å². The molecule has 2 aliphatic heterocycles. The Morgan fingerprint density at radius 2 is 2.17 bits per heavy atom. The van der Waals surface area contributed by atoms with Gasteiger partial charge in [0.1, 0.15) is 5.54 Å². The van der Waals surface area contributed by atoms with Gasteiger partial charge in [-0.2, -0.15) is 0 Å². The van der Waals surface area contributed by atoms with Crippen molar-refractivity contribution in [3.05, 3.63) is 0 Å². The van der Waals surface area contributed by atoms with Crippen molar-refractivity contribution in [1.29, 1.82) is 0 Å². The van der Waals surface area contributed by atoms with Gasteiger partial charge in [-0.15, -0.1) is 0 Å². The second-order valence-corrected chi connectivity index (χ2v) is 6.47. The third-order valence-electron chi connectivity index (χ3n) is 5.26. The van der Waals surface area contributed by atoms with Crippen molar-refractivity contribution in [2.45, 2.75) is 44.4 Å². The van der Waals surface area contributed by atoms with Gasteiger partial charge < -0.3 is 20.5 Å². The van der Waals surface area contributed by atoms with Gasteiger partial charge in [-0.25, -0.2) is 0 Å². The Morgan fingerprint density at radius 3 is 2.78 bits per heavy atom. The van der Waals surface area contributed by atoms with Crippen LogP contribution in [0.2, 0.25) is 0 Å². The molecule has 3 aliphatic rings. The predicted octanol–water partition coefficient (Wildman–Crippen LogP) is -0.278. The molecule has 2 heterocycles. The largest absolute Gasteiger partial charge is 0.391 e. The Labute approximate surface area is 107 Å². The van der Waals surface area contributed by atoms with Crippen molar-refractivity contribution >= 4 is 5.91 Å². The summed E-state index contributed by atoms with van der Waals surface area (Å²) in [4.78, 5) is 14.4. The number of fused-ring (bicyclic) bond motifs is 1. The van der Waals surface area contributed by atoms with Crippen LogP contribution in [0.3, 0.4) is 0 Å². The zero-order chi connectivity index (χ0) is 13.1. The lowest BCUT2D eigenvalue weighted by Crippen LogP contribution is -2.80. The second-order valence-electron chi connectivity index (χ2n) is 6.47. The third-order valence-corrected chi connectivity index (χ3v) is 5.26. The molecular formula is C13H22N2O3. The fourth-order valence-electron chi connectivity index (χ4n) is 4.01. The maximum Gasteiger partial charge on any atom is 0.243 e. The molecule has 0 bridgehead atoms. The van der Waals surface area contributed by atoms with E-state index in [9.17, 15) is 9.90 Å². The number of nitrogens with zero attached hydrogens (tertiary/aromatic N) is 1. The lowest BCUT2D eigenvalue weighted by molar-refractivity contribution is -0.183. The SMILES string of the molecule is CC1(C)C2OCCC2C1(N)C(=O)N1CCC(O)C1. The number of amides is 1. The van der Waals surface area contributed by atoms with E-state index < -0.39 is 11.6 Å². The summed E-state index contributed by atoms with van der Waals surface area (Å²) >= 11 is 0. The molecule has 1 aliphatic carbocycles. The monoisotopic (exact) mass is 254 g/mol. The number of rotatable bonds is 1. The summed E-state index contributed by atoms with van der Waals surface area (Å²) in [6, 6.07) is 0. The number of β-amino-alcohol motifs (C(OH)–C–C–N with tert-alkyl or cyclic N) is 1. The van der Waals surface area contributed by atoms with Crippen LogP contribution in [-0.4, -0.2) is 53.4 Å². The number of likely N-dealkylation sites (tertiary alicyclic amines) is 1. The number of carbonyl (C=O) groups excluding carboxylic acids is 1. The van der Waals surface area contributed by atoms with Crippen LogP contribution < -0.4 is 5.73 Å². The standard InChI is InChI=1S/C13H22N2O3/c1-12(2)10-9(4-6-18-10)13(12,14)11(17)15-5-3-8(16)7-15/h8-10,16H,3-7,14H2,1-2H3. The van der Waals surface area contributed by atoms with E-state index in [-0.39, 0.29) is 23.3 Å².